The van der Waals surface area contributed by atoms with Crippen LogP contribution in [0.4, 0.5) is 0 Å². The summed E-state index contributed by atoms with van der Waals surface area (Å²) in [4.78, 5) is 13.9. The monoisotopic (exact) mass is 232 g/mol. The van der Waals surface area contributed by atoms with Crippen LogP contribution in [-0.4, -0.2) is 23.9 Å². The normalized spacial score (nSPS) is 17.3. The van der Waals surface area contributed by atoms with E-state index in [0.29, 0.717) is 12.5 Å². The highest BCUT2D eigenvalue weighted by molar-refractivity contribution is 5.77. The number of amides is 1. The van der Waals surface area contributed by atoms with E-state index in [9.17, 15) is 4.79 Å². The van der Waals surface area contributed by atoms with Crippen molar-refractivity contribution in [3.05, 3.63) is 35.9 Å². The van der Waals surface area contributed by atoms with Crippen molar-refractivity contribution in [2.24, 2.45) is 5.73 Å². The van der Waals surface area contributed by atoms with Crippen molar-refractivity contribution in [1.82, 2.24) is 4.90 Å². The van der Waals surface area contributed by atoms with Crippen LogP contribution in [0.1, 0.15) is 37.3 Å². The summed E-state index contributed by atoms with van der Waals surface area (Å²) in [5.74, 6) is 0.158. The van der Waals surface area contributed by atoms with Gasteiger partial charge in [0.2, 0.25) is 5.91 Å². The Labute approximate surface area is 103 Å². The third kappa shape index (κ3) is 2.86. The number of benzene rings is 1. The predicted octanol–water partition coefficient (Wildman–Crippen LogP) is 2.09. The van der Waals surface area contributed by atoms with Gasteiger partial charge in [-0.25, -0.2) is 0 Å². The van der Waals surface area contributed by atoms with Crippen LogP contribution in [0.2, 0.25) is 0 Å². The Morgan fingerprint density at radius 1 is 1.41 bits per heavy atom. The lowest BCUT2D eigenvalue weighted by Gasteiger charge is -2.35. The minimum atomic E-state index is -0.189. The van der Waals surface area contributed by atoms with Crippen molar-refractivity contribution in [3.63, 3.8) is 0 Å². The molecular weight excluding hydrogens is 212 g/mol. The van der Waals surface area contributed by atoms with Gasteiger partial charge in [0, 0.05) is 25.6 Å². The highest BCUT2D eigenvalue weighted by Gasteiger charge is 2.26. The molecule has 1 aliphatic carbocycles. The van der Waals surface area contributed by atoms with E-state index < -0.39 is 0 Å². The molecular formula is C14H20N2O. The van der Waals surface area contributed by atoms with Gasteiger partial charge in [0.1, 0.15) is 0 Å². The van der Waals surface area contributed by atoms with Crippen molar-refractivity contribution < 1.29 is 4.79 Å². The predicted molar refractivity (Wildman–Crippen MR) is 68.4 cm³/mol. The second kappa shape index (κ2) is 5.32. The maximum atomic E-state index is 12.0. The van der Waals surface area contributed by atoms with E-state index in [0.717, 1.165) is 18.4 Å². The molecule has 0 heterocycles. The summed E-state index contributed by atoms with van der Waals surface area (Å²) in [5.41, 5.74) is 7.08. The van der Waals surface area contributed by atoms with E-state index in [1.165, 1.54) is 6.42 Å². The zero-order chi connectivity index (χ0) is 12.3. The van der Waals surface area contributed by atoms with Gasteiger partial charge in [0.05, 0.1) is 0 Å². The van der Waals surface area contributed by atoms with Crippen LogP contribution in [0, 0.1) is 0 Å². The summed E-state index contributed by atoms with van der Waals surface area (Å²) in [7, 11) is 1.89. The zero-order valence-corrected chi connectivity index (χ0v) is 10.3. The van der Waals surface area contributed by atoms with Crippen LogP contribution < -0.4 is 5.73 Å². The average molecular weight is 232 g/mol. The summed E-state index contributed by atoms with van der Waals surface area (Å²) >= 11 is 0. The van der Waals surface area contributed by atoms with E-state index >= 15 is 0 Å². The molecule has 2 rings (SSSR count). The first-order valence-electron chi connectivity index (χ1n) is 6.24. The summed E-state index contributed by atoms with van der Waals surface area (Å²) in [6, 6.07) is 10.1. The SMILES string of the molecule is CN(C(=O)CC(N)c1ccccc1)C1CCC1. The van der Waals surface area contributed by atoms with Gasteiger partial charge >= 0.3 is 0 Å². The molecule has 3 heteroatoms. The largest absolute Gasteiger partial charge is 0.343 e. The number of hydrogen-bond donors (Lipinski definition) is 1. The molecule has 1 amide bonds. The molecule has 0 aromatic heterocycles. The molecule has 0 radical (unpaired) electrons. The molecule has 92 valence electrons. The van der Waals surface area contributed by atoms with Gasteiger partial charge in [-0.05, 0) is 24.8 Å². The Bertz CT molecular complexity index is 373. The highest BCUT2D eigenvalue weighted by atomic mass is 16.2. The van der Waals surface area contributed by atoms with Crippen LogP contribution in [-0.2, 0) is 4.79 Å². The van der Waals surface area contributed by atoms with Crippen LogP contribution >= 0.6 is 0 Å². The first kappa shape index (κ1) is 12.1. The Morgan fingerprint density at radius 3 is 2.59 bits per heavy atom. The van der Waals surface area contributed by atoms with Gasteiger partial charge in [-0.2, -0.15) is 0 Å². The number of carbonyl (C=O) groups excluding carboxylic acids is 1. The quantitative estimate of drug-likeness (QED) is 0.864. The van der Waals surface area contributed by atoms with Crippen molar-refractivity contribution in [2.75, 3.05) is 7.05 Å². The molecule has 1 fully saturated rings. The van der Waals surface area contributed by atoms with Crippen LogP contribution in [0.25, 0.3) is 0 Å². The Hall–Kier alpha value is -1.35. The maximum absolute atomic E-state index is 12.0. The molecule has 3 nitrogen and oxygen atoms in total. The number of hydrogen-bond acceptors (Lipinski definition) is 2. The molecule has 1 aromatic rings. The molecule has 1 saturated carbocycles. The maximum Gasteiger partial charge on any atom is 0.224 e. The topological polar surface area (TPSA) is 46.3 Å². The fraction of sp³-hybridized carbons (Fsp3) is 0.500. The summed E-state index contributed by atoms with van der Waals surface area (Å²) in [5, 5.41) is 0. The van der Waals surface area contributed by atoms with Crippen LogP contribution in [0.3, 0.4) is 0 Å². The summed E-state index contributed by atoms with van der Waals surface area (Å²) in [6.45, 7) is 0. The molecule has 1 unspecified atom stereocenters. The summed E-state index contributed by atoms with van der Waals surface area (Å²) < 4.78 is 0. The second-order valence-electron chi connectivity index (χ2n) is 4.81. The van der Waals surface area contributed by atoms with Gasteiger partial charge in [-0.3, -0.25) is 4.79 Å². The van der Waals surface area contributed by atoms with Gasteiger partial charge < -0.3 is 10.6 Å². The molecule has 17 heavy (non-hydrogen) atoms. The van der Waals surface area contributed by atoms with E-state index in [-0.39, 0.29) is 11.9 Å². The number of nitrogens with two attached hydrogens (primary N) is 1. The lowest BCUT2D eigenvalue weighted by molar-refractivity contribution is -0.133. The smallest absolute Gasteiger partial charge is 0.224 e. The minimum absolute atomic E-state index is 0.158. The van der Waals surface area contributed by atoms with Gasteiger partial charge in [-0.1, -0.05) is 30.3 Å². The number of rotatable bonds is 4. The Kier molecular flexibility index (Phi) is 3.79. The lowest BCUT2D eigenvalue weighted by Crippen LogP contribution is -2.42. The molecule has 2 N–H and O–H groups in total. The molecule has 1 atom stereocenters. The van der Waals surface area contributed by atoms with Gasteiger partial charge in [-0.15, -0.1) is 0 Å². The molecule has 0 bridgehead atoms. The van der Waals surface area contributed by atoms with E-state index in [1.54, 1.807) is 0 Å². The van der Waals surface area contributed by atoms with Crippen LogP contribution in [0.5, 0.6) is 0 Å². The van der Waals surface area contributed by atoms with Gasteiger partial charge in [0.25, 0.3) is 0 Å². The van der Waals surface area contributed by atoms with Crippen molar-refractivity contribution in [2.45, 2.75) is 37.8 Å². The van der Waals surface area contributed by atoms with Gasteiger partial charge in [0.15, 0.2) is 0 Å². The van der Waals surface area contributed by atoms with Crippen molar-refractivity contribution in [3.8, 4) is 0 Å². The van der Waals surface area contributed by atoms with Crippen LogP contribution in [0.15, 0.2) is 30.3 Å². The van der Waals surface area contributed by atoms with Crippen molar-refractivity contribution >= 4 is 5.91 Å². The number of nitrogens with zero attached hydrogens (tertiary/aromatic N) is 1. The Balaban J connectivity index is 1.89. The second-order valence-corrected chi connectivity index (χ2v) is 4.81. The zero-order valence-electron chi connectivity index (χ0n) is 10.3. The standard InChI is InChI=1S/C14H20N2O/c1-16(12-8-5-9-12)14(17)10-13(15)11-6-3-2-4-7-11/h2-4,6-7,12-13H,5,8-10,15H2,1H3. The third-order valence-electron chi connectivity index (χ3n) is 3.64. The summed E-state index contributed by atoms with van der Waals surface area (Å²) in [6.07, 6.45) is 3.93. The number of carbonyl (C=O) groups is 1. The fourth-order valence-electron chi connectivity index (χ4n) is 2.13. The highest BCUT2D eigenvalue weighted by Crippen LogP contribution is 2.25. The fourth-order valence-corrected chi connectivity index (χ4v) is 2.13. The molecule has 0 aliphatic heterocycles. The van der Waals surface area contributed by atoms with E-state index in [4.69, 9.17) is 5.73 Å². The van der Waals surface area contributed by atoms with E-state index in [2.05, 4.69) is 0 Å². The average Bonchev–Trinajstić information content (AvgIpc) is 2.27. The Morgan fingerprint density at radius 2 is 2.06 bits per heavy atom. The lowest BCUT2D eigenvalue weighted by atomic mass is 9.91. The minimum Gasteiger partial charge on any atom is -0.343 e. The van der Waals surface area contributed by atoms with Crippen molar-refractivity contribution in [1.29, 1.82) is 0 Å². The molecule has 1 aromatic carbocycles. The third-order valence-corrected chi connectivity index (χ3v) is 3.64. The molecule has 0 spiro atoms. The van der Waals surface area contributed by atoms with E-state index in [1.807, 2.05) is 42.3 Å². The molecule has 0 saturated heterocycles. The first-order valence-corrected chi connectivity index (χ1v) is 6.24. The first-order chi connectivity index (χ1) is 8.18. The molecule has 1 aliphatic rings.